The Kier molecular flexibility index (Phi) is 5.86. The van der Waals surface area contributed by atoms with Crippen LogP contribution in [0.25, 0.3) is 11.3 Å². The number of phenolic OH excluding ortho intramolecular Hbond substituents is 1. The summed E-state index contributed by atoms with van der Waals surface area (Å²) < 4.78 is 38.9. The highest BCUT2D eigenvalue weighted by Crippen LogP contribution is 2.39. The van der Waals surface area contributed by atoms with Crippen LogP contribution in [0.15, 0.2) is 18.2 Å². The first-order valence-electron chi connectivity index (χ1n) is 10.6. The van der Waals surface area contributed by atoms with Crippen LogP contribution in [0.2, 0.25) is 0 Å². The molecule has 1 fully saturated rings. The number of benzene rings is 1. The lowest BCUT2D eigenvalue weighted by Gasteiger charge is -2.29. The topological polar surface area (TPSA) is 78.3 Å². The molecule has 1 aromatic carbocycles. The first-order valence-corrected chi connectivity index (χ1v) is 10.6. The minimum Gasteiger partial charge on any atom is -0.507 e. The van der Waals surface area contributed by atoms with E-state index in [2.05, 4.69) is 15.5 Å². The van der Waals surface area contributed by atoms with E-state index in [9.17, 15) is 23.4 Å². The monoisotopic (exact) mass is 421 g/mol. The Balaban J connectivity index is 1.73. The minimum atomic E-state index is -4.52. The molecule has 3 N–H and O–H groups in total. The number of aromatic nitrogens is 2. The largest absolute Gasteiger partial charge is 0.507 e. The molecule has 1 heterocycles. The summed E-state index contributed by atoms with van der Waals surface area (Å²) in [6.45, 7) is 0. The van der Waals surface area contributed by atoms with Crippen LogP contribution in [0, 0.1) is 0 Å². The van der Waals surface area contributed by atoms with E-state index in [1.807, 2.05) is 0 Å². The van der Waals surface area contributed by atoms with E-state index in [0.29, 0.717) is 11.5 Å². The number of alkyl halides is 3. The van der Waals surface area contributed by atoms with Gasteiger partial charge in [-0.3, -0.25) is 0 Å². The van der Waals surface area contributed by atoms with Gasteiger partial charge in [0.2, 0.25) is 0 Å². The second-order valence-corrected chi connectivity index (χ2v) is 8.25. The summed E-state index contributed by atoms with van der Waals surface area (Å²) in [6.07, 6.45) is 3.19. The van der Waals surface area contributed by atoms with Crippen molar-refractivity contribution in [2.45, 2.75) is 76.1 Å². The SMILES string of the molecule is Oc1cc(C(F)(F)F)ccc1-c1nnc(N[C@@H]2CCCC[C@H]2O)c2c1CCCCC2. The van der Waals surface area contributed by atoms with Gasteiger partial charge in [-0.2, -0.15) is 13.2 Å². The molecule has 8 heteroatoms. The molecule has 2 aromatic rings. The quantitative estimate of drug-likeness (QED) is 0.618. The van der Waals surface area contributed by atoms with E-state index in [4.69, 9.17) is 0 Å². The Hall–Kier alpha value is -2.35. The molecule has 0 spiro atoms. The van der Waals surface area contributed by atoms with Gasteiger partial charge in [-0.05, 0) is 62.3 Å². The van der Waals surface area contributed by atoms with E-state index >= 15 is 0 Å². The van der Waals surface area contributed by atoms with Crippen molar-refractivity contribution in [1.29, 1.82) is 0 Å². The summed E-state index contributed by atoms with van der Waals surface area (Å²) >= 11 is 0. The zero-order valence-electron chi connectivity index (χ0n) is 16.7. The number of phenols is 1. The molecule has 0 bridgehead atoms. The molecule has 0 amide bonds. The molecule has 0 aliphatic heterocycles. The average molecular weight is 421 g/mol. The van der Waals surface area contributed by atoms with Crippen molar-refractivity contribution >= 4 is 5.82 Å². The standard InChI is InChI=1S/C22H26F3N3O2/c23-22(24,25)13-10-11-16(19(30)12-13)20-14-6-2-1-3-7-15(14)21(28-27-20)26-17-8-4-5-9-18(17)29/h10-12,17-18,29-30H,1-9H2,(H,26,28)/t17-,18-/m1/s1. The Bertz CT molecular complexity index is 917. The van der Waals surface area contributed by atoms with Gasteiger partial charge in [-0.25, -0.2) is 0 Å². The van der Waals surface area contributed by atoms with Gasteiger partial charge in [0, 0.05) is 11.1 Å². The molecule has 2 aliphatic carbocycles. The lowest BCUT2D eigenvalue weighted by molar-refractivity contribution is -0.137. The van der Waals surface area contributed by atoms with Crippen molar-refractivity contribution in [3.8, 4) is 17.0 Å². The summed E-state index contributed by atoms with van der Waals surface area (Å²) in [5.41, 5.74) is 1.72. The van der Waals surface area contributed by atoms with Crippen LogP contribution in [-0.2, 0) is 19.0 Å². The van der Waals surface area contributed by atoms with Crippen LogP contribution in [0.4, 0.5) is 19.0 Å². The normalized spacial score (nSPS) is 22.3. The van der Waals surface area contributed by atoms with E-state index in [-0.39, 0.29) is 11.6 Å². The third-order valence-electron chi connectivity index (χ3n) is 6.17. The lowest BCUT2D eigenvalue weighted by Crippen LogP contribution is -2.37. The van der Waals surface area contributed by atoms with Crippen molar-refractivity contribution in [1.82, 2.24) is 10.2 Å². The fourth-order valence-electron chi connectivity index (χ4n) is 4.52. The van der Waals surface area contributed by atoms with Gasteiger partial charge >= 0.3 is 6.18 Å². The van der Waals surface area contributed by atoms with Crippen molar-refractivity contribution in [2.75, 3.05) is 5.32 Å². The Morgan fingerprint density at radius 2 is 1.67 bits per heavy atom. The number of hydrogen-bond donors (Lipinski definition) is 3. The molecule has 4 rings (SSSR count). The zero-order chi connectivity index (χ0) is 21.3. The van der Waals surface area contributed by atoms with E-state index in [0.717, 1.165) is 81.0 Å². The molecule has 0 saturated heterocycles. The third kappa shape index (κ3) is 4.24. The zero-order valence-corrected chi connectivity index (χ0v) is 16.7. The highest BCUT2D eigenvalue weighted by Gasteiger charge is 2.32. The molecule has 1 saturated carbocycles. The number of nitrogens with one attached hydrogen (secondary N) is 1. The van der Waals surface area contributed by atoms with Crippen LogP contribution in [-0.4, -0.2) is 32.6 Å². The van der Waals surface area contributed by atoms with Crippen LogP contribution < -0.4 is 5.32 Å². The minimum absolute atomic E-state index is 0.0780. The molecule has 162 valence electrons. The van der Waals surface area contributed by atoms with E-state index in [1.54, 1.807) is 0 Å². The van der Waals surface area contributed by atoms with Gasteiger partial charge in [0.25, 0.3) is 0 Å². The fourth-order valence-corrected chi connectivity index (χ4v) is 4.52. The van der Waals surface area contributed by atoms with E-state index in [1.165, 1.54) is 6.07 Å². The molecule has 1 aromatic heterocycles. The second kappa shape index (κ2) is 8.41. The third-order valence-corrected chi connectivity index (χ3v) is 6.17. The van der Waals surface area contributed by atoms with Gasteiger partial charge in [-0.15, -0.1) is 10.2 Å². The Morgan fingerprint density at radius 1 is 0.933 bits per heavy atom. The molecule has 30 heavy (non-hydrogen) atoms. The maximum Gasteiger partial charge on any atom is 0.416 e. The second-order valence-electron chi connectivity index (χ2n) is 8.25. The lowest BCUT2D eigenvalue weighted by atomic mass is 9.92. The van der Waals surface area contributed by atoms with Gasteiger partial charge in [0.15, 0.2) is 5.82 Å². The summed E-state index contributed by atoms with van der Waals surface area (Å²) in [5, 5.41) is 32.7. The first-order chi connectivity index (χ1) is 14.3. The van der Waals surface area contributed by atoms with Crippen molar-refractivity contribution in [3.63, 3.8) is 0 Å². The number of rotatable bonds is 3. The van der Waals surface area contributed by atoms with Crippen molar-refractivity contribution < 1.29 is 23.4 Å². The molecule has 2 atom stereocenters. The van der Waals surface area contributed by atoms with Crippen LogP contribution in [0.1, 0.15) is 61.6 Å². The predicted octanol–water partition coefficient (Wildman–Crippen LogP) is 4.85. The van der Waals surface area contributed by atoms with Gasteiger partial charge in [-0.1, -0.05) is 19.3 Å². The van der Waals surface area contributed by atoms with Gasteiger partial charge in [0.1, 0.15) is 11.4 Å². The number of fused-ring (bicyclic) bond motifs is 1. The van der Waals surface area contributed by atoms with Crippen LogP contribution in [0.5, 0.6) is 5.75 Å². The first kappa shape index (κ1) is 20.9. The number of anilines is 1. The molecule has 0 radical (unpaired) electrons. The Labute approximate surface area is 173 Å². The number of aromatic hydroxyl groups is 1. The molecule has 5 nitrogen and oxygen atoms in total. The number of halogens is 3. The number of aliphatic hydroxyl groups is 1. The maximum absolute atomic E-state index is 13.0. The van der Waals surface area contributed by atoms with E-state index < -0.39 is 23.6 Å². The smallest absolute Gasteiger partial charge is 0.416 e. The number of nitrogens with zero attached hydrogens (tertiary/aromatic N) is 2. The predicted molar refractivity (Wildman–Crippen MR) is 107 cm³/mol. The fraction of sp³-hybridized carbons (Fsp3) is 0.545. The highest BCUT2D eigenvalue weighted by atomic mass is 19.4. The summed E-state index contributed by atoms with van der Waals surface area (Å²) in [5.74, 6) is 0.196. The summed E-state index contributed by atoms with van der Waals surface area (Å²) in [4.78, 5) is 0. The van der Waals surface area contributed by atoms with Gasteiger partial charge < -0.3 is 15.5 Å². The summed E-state index contributed by atoms with van der Waals surface area (Å²) in [6, 6.07) is 2.89. The highest BCUT2D eigenvalue weighted by molar-refractivity contribution is 5.73. The molecular weight excluding hydrogens is 395 g/mol. The summed E-state index contributed by atoms with van der Waals surface area (Å²) in [7, 11) is 0. The molecule has 2 aliphatic rings. The Morgan fingerprint density at radius 3 is 2.37 bits per heavy atom. The van der Waals surface area contributed by atoms with Gasteiger partial charge in [0.05, 0.1) is 17.7 Å². The number of hydrogen-bond acceptors (Lipinski definition) is 5. The van der Waals surface area contributed by atoms with Crippen LogP contribution >= 0.6 is 0 Å². The van der Waals surface area contributed by atoms with Crippen molar-refractivity contribution in [2.24, 2.45) is 0 Å². The van der Waals surface area contributed by atoms with Crippen molar-refractivity contribution in [3.05, 3.63) is 34.9 Å². The van der Waals surface area contributed by atoms with Crippen LogP contribution in [0.3, 0.4) is 0 Å². The molecular formula is C22H26F3N3O2. The molecule has 0 unspecified atom stereocenters. The average Bonchev–Trinajstić information content (AvgIpc) is 2.96. The number of aliphatic hydroxyl groups excluding tert-OH is 1. The maximum atomic E-state index is 13.0.